The molecule has 2 N–H and O–H groups in total. The second kappa shape index (κ2) is 6.00. The van der Waals surface area contributed by atoms with Crippen molar-refractivity contribution in [2.45, 2.75) is 27.2 Å². The third-order valence-corrected chi connectivity index (χ3v) is 3.26. The molecule has 2 aromatic heterocycles. The molecule has 2 rings (SSSR count). The van der Waals surface area contributed by atoms with Crippen LogP contribution in [0.2, 0.25) is 0 Å². The van der Waals surface area contributed by atoms with Gasteiger partial charge in [-0.15, -0.1) is 0 Å². The van der Waals surface area contributed by atoms with Gasteiger partial charge in [0.15, 0.2) is 5.65 Å². The number of hydrogen-bond acceptors (Lipinski definition) is 4. The van der Waals surface area contributed by atoms with Gasteiger partial charge in [-0.25, -0.2) is 9.50 Å². The maximum Gasteiger partial charge on any atom is 0.256 e. The Morgan fingerprint density at radius 1 is 1.50 bits per heavy atom. The van der Waals surface area contributed by atoms with Crippen molar-refractivity contribution in [3.05, 3.63) is 29.2 Å². The number of aliphatic hydroxyl groups is 1. The molecule has 2 heterocycles. The van der Waals surface area contributed by atoms with Gasteiger partial charge in [0.25, 0.3) is 5.91 Å². The molecule has 20 heavy (non-hydrogen) atoms. The fourth-order valence-electron chi connectivity index (χ4n) is 2.12. The van der Waals surface area contributed by atoms with E-state index >= 15 is 0 Å². The lowest BCUT2D eigenvalue weighted by molar-refractivity contribution is 0.0947. The zero-order valence-electron chi connectivity index (χ0n) is 12.1. The Kier molecular flexibility index (Phi) is 4.34. The van der Waals surface area contributed by atoms with Crippen LogP contribution >= 0.6 is 0 Å². The number of aryl methyl sites for hydroxylation is 2. The zero-order chi connectivity index (χ0) is 14.7. The highest BCUT2D eigenvalue weighted by atomic mass is 16.3. The Morgan fingerprint density at radius 2 is 2.25 bits per heavy atom. The van der Waals surface area contributed by atoms with Crippen molar-refractivity contribution in [3.63, 3.8) is 0 Å². The Labute approximate surface area is 117 Å². The predicted octanol–water partition coefficient (Wildman–Crippen LogP) is 1.09. The van der Waals surface area contributed by atoms with Crippen LogP contribution in [0.1, 0.15) is 35.1 Å². The lowest BCUT2D eigenvalue weighted by atomic mass is 10.1. The maximum atomic E-state index is 12.2. The molecule has 108 valence electrons. The first kappa shape index (κ1) is 14.5. The Hall–Kier alpha value is -1.95. The normalized spacial score (nSPS) is 12.6. The number of nitrogens with one attached hydrogen (secondary N) is 1. The summed E-state index contributed by atoms with van der Waals surface area (Å²) < 4.78 is 1.67. The van der Waals surface area contributed by atoms with Crippen LogP contribution in [0.4, 0.5) is 0 Å². The fourth-order valence-corrected chi connectivity index (χ4v) is 2.12. The number of nitrogens with zero attached hydrogens (tertiary/aromatic N) is 3. The van der Waals surface area contributed by atoms with Crippen molar-refractivity contribution in [3.8, 4) is 0 Å². The quantitative estimate of drug-likeness (QED) is 0.857. The maximum absolute atomic E-state index is 12.2. The van der Waals surface area contributed by atoms with Crippen molar-refractivity contribution in [1.82, 2.24) is 19.9 Å². The van der Waals surface area contributed by atoms with Crippen molar-refractivity contribution in [2.24, 2.45) is 5.92 Å². The summed E-state index contributed by atoms with van der Waals surface area (Å²) in [7, 11) is 0. The second-order valence-electron chi connectivity index (χ2n) is 5.16. The molecule has 0 spiro atoms. The van der Waals surface area contributed by atoms with Crippen LogP contribution in [0, 0.1) is 19.8 Å². The molecule has 6 heteroatoms. The van der Waals surface area contributed by atoms with E-state index < -0.39 is 0 Å². The van der Waals surface area contributed by atoms with E-state index in [9.17, 15) is 4.79 Å². The van der Waals surface area contributed by atoms with Gasteiger partial charge < -0.3 is 10.4 Å². The molecular formula is C14H20N4O2. The monoisotopic (exact) mass is 276 g/mol. The van der Waals surface area contributed by atoms with Gasteiger partial charge in [0.05, 0.1) is 6.20 Å². The lowest BCUT2D eigenvalue weighted by Gasteiger charge is -2.10. The summed E-state index contributed by atoms with van der Waals surface area (Å²) in [6.45, 7) is 6.47. The highest BCUT2D eigenvalue weighted by molar-refractivity contribution is 5.99. The summed E-state index contributed by atoms with van der Waals surface area (Å²) in [6, 6.07) is 1.92. The minimum absolute atomic E-state index is 0.133. The summed E-state index contributed by atoms with van der Waals surface area (Å²) in [4.78, 5) is 16.6. The molecule has 0 saturated carbocycles. The fraction of sp³-hybridized carbons (Fsp3) is 0.500. The summed E-state index contributed by atoms with van der Waals surface area (Å²) in [5.41, 5.74) is 2.86. The third-order valence-electron chi connectivity index (χ3n) is 3.26. The van der Waals surface area contributed by atoms with Crippen LogP contribution in [-0.2, 0) is 0 Å². The van der Waals surface area contributed by atoms with Crippen LogP contribution < -0.4 is 5.32 Å². The van der Waals surface area contributed by atoms with Gasteiger partial charge in [-0.3, -0.25) is 4.79 Å². The van der Waals surface area contributed by atoms with E-state index in [1.54, 1.807) is 10.7 Å². The number of rotatable bonds is 5. The topological polar surface area (TPSA) is 79.5 Å². The van der Waals surface area contributed by atoms with Crippen LogP contribution in [0.3, 0.4) is 0 Å². The predicted molar refractivity (Wildman–Crippen MR) is 75.7 cm³/mol. The number of amides is 1. The third kappa shape index (κ3) is 2.96. The number of carbonyl (C=O) groups is 1. The molecule has 0 fully saturated rings. The highest BCUT2D eigenvalue weighted by Gasteiger charge is 2.15. The second-order valence-corrected chi connectivity index (χ2v) is 5.16. The molecule has 2 aromatic rings. The van der Waals surface area contributed by atoms with Gasteiger partial charge in [0.2, 0.25) is 0 Å². The summed E-state index contributed by atoms with van der Waals surface area (Å²) in [6.07, 6.45) is 2.21. The molecule has 0 bridgehead atoms. The molecule has 0 aromatic carbocycles. The molecule has 0 aliphatic carbocycles. The van der Waals surface area contributed by atoms with Crippen LogP contribution in [-0.4, -0.2) is 38.8 Å². The Morgan fingerprint density at radius 3 is 2.95 bits per heavy atom. The van der Waals surface area contributed by atoms with Crippen molar-refractivity contribution >= 4 is 11.6 Å². The first-order valence-electron chi connectivity index (χ1n) is 6.74. The van der Waals surface area contributed by atoms with Gasteiger partial charge >= 0.3 is 0 Å². The molecular weight excluding hydrogens is 256 g/mol. The van der Waals surface area contributed by atoms with E-state index in [4.69, 9.17) is 5.11 Å². The van der Waals surface area contributed by atoms with Gasteiger partial charge in [-0.05, 0) is 32.3 Å². The average Bonchev–Trinajstić information content (AvgIpc) is 2.80. The first-order valence-corrected chi connectivity index (χ1v) is 6.74. The molecule has 0 aliphatic heterocycles. The molecule has 1 amide bonds. The van der Waals surface area contributed by atoms with Crippen LogP contribution in [0.25, 0.3) is 5.65 Å². The zero-order valence-corrected chi connectivity index (χ0v) is 12.1. The number of fused-ring (bicyclic) bond motifs is 1. The van der Waals surface area contributed by atoms with E-state index in [2.05, 4.69) is 15.4 Å². The lowest BCUT2D eigenvalue weighted by Crippen LogP contribution is -2.28. The van der Waals surface area contributed by atoms with Crippen molar-refractivity contribution < 1.29 is 9.90 Å². The number of aromatic nitrogens is 3. The Balaban J connectivity index is 2.18. The van der Waals surface area contributed by atoms with E-state index in [0.29, 0.717) is 24.2 Å². The SMILES string of the molecule is Cc1cc(C)n2ncc(C(=O)NCC(C)CCO)c2n1. The van der Waals surface area contributed by atoms with Gasteiger partial charge in [-0.2, -0.15) is 5.10 Å². The number of hydrogen-bond donors (Lipinski definition) is 2. The Bertz CT molecular complexity index is 621. The van der Waals surface area contributed by atoms with Crippen LogP contribution in [0.5, 0.6) is 0 Å². The molecule has 0 radical (unpaired) electrons. The van der Waals surface area contributed by atoms with Gasteiger partial charge in [0, 0.05) is 24.5 Å². The average molecular weight is 276 g/mol. The minimum Gasteiger partial charge on any atom is -0.396 e. The van der Waals surface area contributed by atoms with Crippen molar-refractivity contribution in [1.29, 1.82) is 0 Å². The van der Waals surface area contributed by atoms with E-state index in [1.165, 1.54) is 0 Å². The summed E-state index contributed by atoms with van der Waals surface area (Å²) in [5, 5.41) is 15.9. The summed E-state index contributed by atoms with van der Waals surface area (Å²) >= 11 is 0. The summed E-state index contributed by atoms with van der Waals surface area (Å²) in [5.74, 6) is 0.0597. The van der Waals surface area contributed by atoms with Crippen molar-refractivity contribution in [2.75, 3.05) is 13.2 Å². The smallest absolute Gasteiger partial charge is 0.256 e. The highest BCUT2D eigenvalue weighted by Crippen LogP contribution is 2.12. The van der Waals surface area contributed by atoms with E-state index in [0.717, 1.165) is 11.4 Å². The standard InChI is InChI=1S/C14H20N4O2/c1-9(4-5-19)7-15-14(20)12-8-16-18-11(3)6-10(2)17-13(12)18/h6,8-9,19H,4-5,7H2,1-3H3,(H,15,20). The van der Waals surface area contributed by atoms with E-state index in [1.807, 2.05) is 26.8 Å². The molecule has 6 nitrogen and oxygen atoms in total. The minimum atomic E-state index is -0.178. The van der Waals surface area contributed by atoms with Crippen LogP contribution in [0.15, 0.2) is 12.3 Å². The first-order chi connectivity index (χ1) is 9.52. The van der Waals surface area contributed by atoms with Gasteiger partial charge in [-0.1, -0.05) is 6.92 Å². The number of carbonyl (C=O) groups excluding carboxylic acids is 1. The molecule has 0 aliphatic rings. The largest absolute Gasteiger partial charge is 0.396 e. The molecule has 1 atom stereocenters. The van der Waals surface area contributed by atoms with Gasteiger partial charge in [0.1, 0.15) is 5.56 Å². The van der Waals surface area contributed by atoms with E-state index in [-0.39, 0.29) is 18.4 Å². The number of aliphatic hydroxyl groups excluding tert-OH is 1. The molecule has 0 saturated heterocycles. The molecule has 1 unspecified atom stereocenters.